The maximum atomic E-state index is 11.8. The van der Waals surface area contributed by atoms with Gasteiger partial charge in [-0.05, 0) is 19.9 Å². The van der Waals surface area contributed by atoms with Crippen molar-refractivity contribution in [2.45, 2.75) is 20.0 Å². The van der Waals surface area contributed by atoms with E-state index in [2.05, 4.69) is 0 Å². The molecular weight excluding hydrogens is 316 g/mol. The van der Waals surface area contributed by atoms with E-state index in [0.29, 0.717) is 4.57 Å². The quantitative estimate of drug-likeness (QED) is 0.745. The van der Waals surface area contributed by atoms with Crippen LogP contribution in [-0.4, -0.2) is 16.8 Å². The van der Waals surface area contributed by atoms with Gasteiger partial charge < -0.3 is 9.15 Å². The van der Waals surface area contributed by atoms with Crippen LogP contribution in [-0.2, 0) is 4.74 Å². The first kappa shape index (κ1) is 14.2. The van der Waals surface area contributed by atoms with Crippen LogP contribution in [0.15, 0.2) is 15.3 Å². The summed E-state index contributed by atoms with van der Waals surface area (Å²) in [6, 6.07) is 1.32. The third kappa shape index (κ3) is 2.45. The van der Waals surface area contributed by atoms with Crippen molar-refractivity contribution >= 4 is 52.0 Å². The molecule has 0 unspecified atom stereocenters. The number of carbonyl (C=O) groups excluding carboxylic acids is 1. The van der Waals surface area contributed by atoms with Crippen LogP contribution in [0.2, 0.25) is 15.1 Å². The molecule has 0 aliphatic rings. The molecule has 5 nitrogen and oxygen atoms in total. The molecule has 2 aromatic rings. The molecule has 0 bridgehead atoms. The monoisotopic (exact) mass is 323 g/mol. The van der Waals surface area contributed by atoms with Crippen molar-refractivity contribution < 1.29 is 13.9 Å². The van der Waals surface area contributed by atoms with Crippen molar-refractivity contribution in [2.75, 3.05) is 0 Å². The van der Waals surface area contributed by atoms with E-state index in [9.17, 15) is 9.59 Å². The zero-order chi connectivity index (χ0) is 14.3. The molecule has 0 spiro atoms. The third-order valence-corrected chi connectivity index (χ3v) is 3.47. The summed E-state index contributed by atoms with van der Waals surface area (Å²) >= 11 is 17.6. The number of hydrogen-bond acceptors (Lipinski definition) is 4. The second kappa shape index (κ2) is 5.07. The molecule has 2 rings (SSSR count). The first-order valence-electron chi connectivity index (χ1n) is 5.23. The van der Waals surface area contributed by atoms with E-state index in [0.717, 1.165) is 0 Å². The first-order chi connectivity index (χ1) is 8.82. The predicted molar refractivity (Wildman–Crippen MR) is 72.5 cm³/mol. The largest absolute Gasteiger partial charge is 0.446 e. The molecule has 0 amide bonds. The minimum atomic E-state index is -0.916. The Balaban J connectivity index is 2.73. The highest BCUT2D eigenvalue weighted by molar-refractivity contribution is 6.50. The Hall–Kier alpha value is -1.17. The number of nitrogens with zero attached hydrogens (tertiary/aromatic N) is 1. The summed E-state index contributed by atoms with van der Waals surface area (Å²) in [5.41, 5.74) is 0.0943. The number of oxazole rings is 1. The number of hydrogen-bond donors (Lipinski definition) is 0. The third-order valence-electron chi connectivity index (χ3n) is 2.23. The number of fused-ring (bicyclic) bond motifs is 1. The molecule has 1 aromatic heterocycles. The molecule has 0 aliphatic carbocycles. The average molecular weight is 325 g/mol. The van der Waals surface area contributed by atoms with Gasteiger partial charge >= 0.3 is 11.8 Å². The normalized spacial score (nSPS) is 11.3. The Morgan fingerprint density at radius 1 is 1.32 bits per heavy atom. The molecule has 0 aliphatic heterocycles. The topological polar surface area (TPSA) is 61.4 Å². The van der Waals surface area contributed by atoms with Crippen molar-refractivity contribution in [2.24, 2.45) is 0 Å². The summed E-state index contributed by atoms with van der Waals surface area (Å²) in [6.45, 7) is 3.31. The van der Waals surface area contributed by atoms with E-state index >= 15 is 0 Å². The van der Waals surface area contributed by atoms with Gasteiger partial charge in [-0.2, -0.15) is 4.57 Å². The zero-order valence-corrected chi connectivity index (χ0v) is 12.1. The fourth-order valence-electron chi connectivity index (χ4n) is 1.49. The number of benzene rings is 1. The number of rotatable bonds is 1. The summed E-state index contributed by atoms with van der Waals surface area (Å²) in [7, 11) is 0. The molecule has 0 atom stereocenters. The standard InChI is InChI=1S/C11H8Cl3NO4/c1-4(2)18-10(16)15-6-3-5(12)7(13)8(14)9(6)19-11(15)17/h3-4H,1-2H3. The van der Waals surface area contributed by atoms with Gasteiger partial charge in [0, 0.05) is 0 Å². The van der Waals surface area contributed by atoms with Gasteiger partial charge in [-0.15, -0.1) is 0 Å². The van der Waals surface area contributed by atoms with Crippen molar-refractivity contribution in [3.8, 4) is 0 Å². The molecule has 102 valence electrons. The van der Waals surface area contributed by atoms with Gasteiger partial charge in [0.2, 0.25) is 0 Å². The number of carbonyl (C=O) groups is 1. The molecule has 0 fully saturated rings. The van der Waals surface area contributed by atoms with Gasteiger partial charge in [0.05, 0.1) is 16.1 Å². The van der Waals surface area contributed by atoms with Crippen LogP contribution in [0.5, 0.6) is 0 Å². The van der Waals surface area contributed by atoms with E-state index < -0.39 is 11.8 Å². The maximum Gasteiger partial charge on any atom is 0.429 e. The lowest BCUT2D eigenvalue weighted by atomic mass is 10.3. The van der Waals surface area contributed by atoms with Gasteiger partial charge in [-0.25, -0.2) is 9.59 Å². The van der Waals surface area contributed by atoms with Gasteiger partial charge in [-0.1, -0.05) is 34.8 Å². The maximum absolute atomic E-state index is 11.8. The fourth-order valence-corrected chi connectivity index (χ4v) is 2.11. The zero-order valence-electron chi connectivity index (χ0n) is 9.87. The Kier molecular flexibility index (Phi) is 3.80. The van der Waals surface area contributed by atoms with Crippen LogP contribution in [0.3, 0.4) is 0 Å². The highest BCUT2D eigenvalue weighted by Gasteiger charge is 2.22. The SMILES string of the molecule is CC(C)OC(=O)n1c(=O)oc2c(Cl)c(Cl)c(Cl)cc21. The molecule has 0 N–H and O–H groups in total. The van der Waals surface area contributed by atoms with Gasteiger partial charge in [0.25, 0.3) is 0 Å². The highest BCUT2D eigenvalue weighted by atomic mass is 35.5. The van der Waals surface area contributed by atoms with Crippen LogP contribution in [0.25, 0.3) is 11.1 Å². The second-order valence-electron chi connectivity index (χ2n) is 3.97. The Morgan fingerprint density at radius 3 is 2.53 bits per heavy atom. The summed E-state index contributed by atoms with van der Waals surface area (Å²) in [6.07, 6.45) is -1.25. The van der Waals surface area contributed by atoms with Crippen LogP contribution >= 0.6 is 34.8 Å². The summed E-state index contributed by atoms with van der Waals surface area (Å²) in [5, 5.41) is 0.123. The number of halogens is 3. The van der Waals surface area contributed by atoms with Gasteiger partial charge in [0.1, 0.15) is 10.5 Å². The van der Waals surface area contributed by atoms with Crippen LogP contribution in [0, 0.1) is 0 Å². The van der Waals surface area contributed by atoms with Gasteiger partial charge in [0.15, 0.2) is 5.58 Å². The lowest BCUT2D eigenvalue weighted by Gasteiger charge is -2.07. The average Bonchev–Trinajstić information content (AvgIpc) is 2.62. The minimum absolute atomic E-state index is 0.0122. The molecule has 1 heterocycles. The van der Waals surface area contributed by atoms with Gasteiger partial charge in [-0.3, -0.25) is 0 Å². The molecule has 0 saturated carbocycles. The fraction of sp³-hybridized carbons (Fsp3) is 0.273. The molecule has 0 radical (unpaired) electrons. The lowest BCUT2D eigenvalue weighted by molar-refractivity contribution is 0.116. The van der Waals surface area contributed by atoms with E-state index in [1.807, 2.05) is 0 Å². The smallest absolute Gasteiger partial charge is 0.429 e. The van der Waals surface area contributed by atoms with E-state index in [1.165, 1.54) is 6.07 Å². The van der Waals surface area contributed by atoms with E-state index in [-0.39, 0.29) is 32.3 Å². The predicted octanol–water partition coefficient (Wildman–Crippen LogP) is 3.95. The lowest BCUT2D eigenvalue weighted by Crippen LogP contribution is -2.26. The molecule has 19 heavy (non-hydrogen) atoms. The minimum Gasteiger partial charge on any atom is -0.446 e. The summed E-state index contributed by atoms with van der Waals surface area (Å²) < 4.78 is 10.6. The molecule has 1 aromatic carbocycles. The molecular formula is C11H8Cl3NO4. The van der Waals surface area contributed by atoms with Crippen molar-refractivity contribution in [3.63, 3.8) is 0 Å². The van der Waals surface area contributed by atoms with Crippen molar-refractivity contribution in [1.29, 1.82) is 0 Å². The Labute approximate surface area is 122 Å². The Bertz CT molecular complexity index is 717. The number of aromatic nitrogens is 1. The molecule has 8 heteroatoms. The number of ether oxygens (including phenoxy) is 1. The van der Waals surface area contributed by atoms with E-state index in [4.69, 9.17) is 44.0 Å². The van der Waals surface area contributed by atoms with Crippen molar-refractivity contribution in [3.05, 3.63) is 31.7 Å². The van der Waals surface area contributed by atoms with Crippen LogP contribution in [0.1, 0.15) is 13.8 Å². The Morgan fingerprint density at radius 2 is 1.95 bits per heavy atom. The highest BCUT2D eigenvalue weighted by Crippen LogP contribution is 2.36. The van der Waals surface area contributed by atoms with Crippen molar-refractivity contribution in [1.82, 2.24) is 4.57 Å². The van der Waals surface area contributed by atoms with E-state index in [1.54, 1.807) is 13.8 Å². The van der Waals surface area contributed by atoms with Crippen LogP contribution < -0.4 is 5.76 Å². The summed E-state index contributed by atoms with van der Waals surface area (Å²) in [5.74, 6) is -0.916. The molecule has 0 saturated heterocycles. The first-order valence-corrected chi connectivity index (χ1v) is 6.36. The van der Waals surface area contributed by atoms with Crippen LogP contribution in [0.4, 0.5) is 4.79 Å². The second-order valence-corrected chi connectivity index (χ2v) is 5.13. The summed E-state index contributed by atoms with van der Waals surface area (Å²) in [4.78, 5) is 23.5.